The summed E-state index contributed by atoms with van der Waals surface area (Å²) in [6.45, 7) is 0.629. The van der Waals surface area contributed by atoms with Gasteiger partial charge < -0.3 is 14.8 Å². The van der Waals surface area contributed by atoms with Crippen LogP contribution in [0.1, 0.15) is 44.9 Å². The molecule has 1 heterocycles. The molecule has 0 aromatic rings. The predicted octanol–water partition coefficient (Wildman–Crippen LogP) is 1.40. The van der Waals surface area contributed by atoms with Crippen molar-refractivity contribution in [2.45, 2.75) is 57.1 Å². The van der Waals surface area contributed by atoms with Gasteiger partial charge in [0, 0.05) is 6.61 Å². The Morgan fingerprint density at radius 2 is 1.89 bits per heavy atom. The third-order valence-corrected chi connectivity index (χ3v) is 4.10. The zero-order valence-corrected chi connectivity index (χ0v) is 11.5. The normalized spacial score (nSPS) is 25.8. The second-order valence-corrected chi connectivity index (χ2v) is 5.41. The Kier molecular flexibility index (Phi) is 5.19. The number of nitrogens with one attached hydrogen (secondary N) is 1. The maximum Gasteiger partial charge on any atom is 0.328 e. The van der Waals surface area contributed by atoms with Gasteiger partial charge in [-0.3, -0.25) is 4.79 Å². The zero-order chi connectivity index (χ0) is 13.7. The van der Waals surface area contributed by atoms with Crippen LogP contribution in [0.4, 0.5) is 0 Å². The topological polar surface area (TPSA) is 64.6 Å². The minimum Gasteiger partial charge on any atom is -0.467 e. The summed E-state index contributed by atoms with van der Waals surface area (Å²) in [6, 6.07) is -0.512. The summed E-state index contributed by atoms with van der Waals surface area (Å²) >= 11 is 0. The fourth-order valence-corrected chi connectivity index (χ4v) is 2.99. The van der Waals surface area contributed by atoms with Crippen molar-refractivity contribution in [2.24, 2.45) is 5.92 Å². The summed E-state index contributed by atoms with van der Waals surface area (Å²) in [5, 5.41) is 2.84. The minimum atomic E-state index is -0.512. The van der Waals surface area contributed by atoms with Crippen LogP contribution in [-0.4, -0.2) is 37.7 Å². The first-order valence-electron chi connectivity index (χ1n) is 7.22. The summed E-state index contributed by atoms with van der Waals surface area (Å²) in [6.07, 6.45) is 6.66. The Morgan fingerprint density at radius 1 is 1.16 bits per heavy atom. The first-order chi connectivity index (χ1) is 9.22. The molecular formula is C14H23NO4. The van der Waals surface area contributed by atoms with Gasteiger partial charge in [0.25, 0.3) is 0 Å². The lowest BCUT2D eigenvalue weighted by Crippen LogP contribution is -2.50. The van der Waals surface area contributed by atoms with E-state index in [-0.39, 0.29) is 17.8 Å². The molecule has 5 heteroatoms. The van der Waals surface area contributed by atoms with E-state index in [0.717, 1.165) is 38.5 Å². The van der Waals surface area contributed by atoms with E-state index in [0.29, 0.717) is 6.61 Å². The molecule has 0 aromatic heterocycles. The average Bonchev–Trinajstić information content (AvgIpc) is 2.99. The van der Waals surface area contributed by atoms with Crippen molar-refractivity contribution in [2.75, 3.05) is 13.7 Å². The predicted molar refractivity (Wildman–Crippen MR) is 69.5 cm³/mol. The van der Waals surface area contributed by atoms with E-state index in [1.807, 2.05) is 0 Å². The maximum atomic E-state index is 12.1. The lowest BCUT2D eigenvalue weighted by atomic mass is 9.83. The van der Waals surface area contributed by atoms with Crippen LogP contribution in [0, 0.1) is 5.92 Å². The van der Waals surface area contributed by atoms with Gasteiger partial charge in [0.15, 0.2) is 0 Å². The number of carbonyl (C=O) groups excluding carboxylic acids is 2. The first kappa shape index (κ1) is 14.3. The number of hydrogen-bond acceptors (Lipinski definition) is 4. The van der Waals surface area contributed by atoms with E-state index in [1.54, 1.807) is 0 Å². The van der Waals surface area contributed by atoms with E-state index < -0.39 is 12.1 Å². The second kappa shape index (κ2) is 6.89. The van der Waals surface area contributed by atoms with Crippen LogP contribution in [0.2, 0.25) is 0 Å². The molecule has 1 saturated carbocycles. The largest absolute Gasteiger partial charge is 0.467 e. The Hall–Kier alpha value is -1.10. The molecular weight excluding hydrogens is 246 g/mol. The van der Waals surface area contributed by atoms with Crippen molar-refractivity contribution in [1.82, 2.24) is 5.32 Å². The SMILES string of the molecule is COC(=O)[C@H](NC(=O)[C@@H]1CCCO1)C1CCCCC1. The summed E-state index contributed by atoms with van der Waals surface area (Å²) in [4.78, 5) is 24.0. The van der Waals surface area contributed by atoms with Crippen molar-refractivity contribution in [1.29, 1.82) is 0 Å². The van der Waals surface area contributed by atoms with Crippen molar-refractivity contribution in [3.05, 3.63) is 0 Å². The molecule has 1 amide bonds. The van der Waals surface area contributed by atoms with Crippen LogP contribution >= 0.6 is 0 Å². The van der Waals surface area contributed by atoms with E-state index in [4.69, 9.17) is 9.47 Å². The van der Waals surface area contributed by atoms with E-state index >= 15 is 0 Å². The van der Waals surface area contributed by atoms with E-state index in [2.05, 4.69) is 5.32 Å². The number of ether oxygens (including phenoxy) is 2. The highest BCUT2D eigenvalue weighted by Gasteiger charge is 2.34. The highest BCUT2D eigenvalue weighted by molar-refractivity contribution is 5.87. The maximum absolute atomic E-state index is 12.1. The van der Waals surface area contributed by atoms with Gasteiger partial charge in [-0.05, 0) is 31.6 Å². The number of methoxy groups -OCH3 is 1. The fourth-order valence-electron chi connectivity index (χ4n) is 2.99. The Labute approximate surface area is 114 Å². The smallest absolute Gasteiger partial charge is 0.328 e. The third-order valence-electron chi connectivity index (χ3n) is 4.10. The molecule has 0 radical (unpaired) electrons. The van der Waals surface area contributed by atoms with E-state index in [1.165, 1.54) is 13.5 Å². The molecule has 108 valence electrons. The summed E-state index contributed by atoms with van der Waals surface area (Å²) in [5.41, 5.74) is 0. The van der Waals surface area contributed by atoms with Gasteiger partial charge >= 0.3 is 5.97 Å². The number of amides is 1. The number of rotatable bonds is 4. The van der Waals surface area contributed by atoms with Crippen LogP contribution < -0.4 is 5.32 Å². The van der Waals surface area contributed by atoms with Crippen molar-refractivity contribution in [3.8, 4) is 0 Å². The van der Waals surface area contributed by atoms with Gasteiger partial charge in [0.05, 0.1) is 7.11 Å². The Bertz CT molecular complexity index is 319. The highest BCUT2D eigenvalue weighted by Crippen LogP contribution is 2.27. The summed E-state index contributed by atoms with van der Waals surface area (Å²) in [7, 11) is 1.37. The lowest BCUT2D eigenvalue weighted by Gasteiger charge is -2.29. The molecule has 2 fully saturated rings. The molecule has 5 nitrogen and oxygen atoms in total. The first-order valence-corrected chi connectivity index (χ1v) is 7.22. The molecule has 1 aliphatic heterocycles. The standard InChI is InChI=1S/C14H23NO4/c1-18-14(17)12(10-6-3-2-4-7-10)15-13(16)11-8-5-9-19-11/h10-12H,2-9H2,1H3,(H,15,16)/t11-,12+/m0/s1. The van der Waals surface area contributed by atoms with Crippen molar-refractivity contribution in [3.63, 3.8) is 0 Å². The number of esters is 1. The second-order valence-electron chi connectivity index (χ2n) is 5.41. The molecule has 2 atom stereocenters. The van der Waals surface area contributed by atoms with Crippen LogP contribution in [0.15, 0.2) is 0 Å². The number of carbonyl (C=O) groups is 2. The Balaban J connectivity index is 1.96. The van der Waals surface area contributed by atoms with Gasteiger partial charge in [-0.15, -0.1) is 0 Å². The van der Waals surface area contributed by atoms with Gasteiger partial charge in [-0.25, -0.2) is 4.79 Å². The lowest BCUT2D eigenvalue weighted by molar-refractivity contribution is -0.148. The van der Waals surface area contributed by atoms with Crippen LogP contribution in [-0.2, 0) is 19.1 Å². The fraction of sp³-hybridized carbons (Fsp3) is 0.857. The molecule has 0 spiro atoms. The molecule has 1 aliphatic carbocycles. The molecule has 2 aliphatic rings. The number of hydrogen-bond donors (Lipinski definition) is 1. The molecule has 0 unspecified atom stereocenters. The Morgan fingerprint density at radius 3 is 2.47 bits per heavy atom. The summed E-state index contributed by atoms with van der Waals surface area (Å²) in [5.74, 6) is -0.303. The monoisotopic (exact) mass is 269 g/mol. The highest BCUT2D eigenvalue weighted by atomic mass is 16.5. The van der Waals surface area contributed by atoms with Gasteiger partial charge in [-0.2, -0.15) is 0 Å². The van der Waals surface area contributed by atoms with Crippen LogP contribution in [0.5, 0.6) is 0 Å². The van der Waals surface area contributed by atoms with E-state index in [9.17, 15) is 9.59 Å². The summed E-state index contributed by atoms with van der Waals surface area (Å²) < 4.78 is 10.2. The molecule has 2 rings (SSSR count). The van der Waals surface area contributed by atoms with Gasteiger partial charge in [0.2, 0.25) is 5.91 Å². The van der Waals surface area contributed by atoms with Crippen LogP contribution in [0.25, 0.3) is 0 Å². The molecule has 0 aromatic carbocycles. The molecule has 1 saturated heterocycles. The van der Waals surface area contributed by atoms with Crippen molar-refractivity contribution < 1.29 is 19.1 Å². The third kappa shape index (κ3) is 3.69. The van der Waals surface area contributed by atoms with Gasteiger partial charge in [0.1, 0.15) is 12.1 Å². The average molecular weight is 269 g/mol. The molecule has 0 bridgehead atoms. The molecule has 1 N–H and O–H groups in total. The zero-order valence-electron chi connectivity index (χ0n) is 11.5. The van der Waals surface area contributed by atoms with Crippen molar-refractivity contribution >= 4 is 11.9 Å². The van der Waals surface area contributed by atoms with Crippen LogP contribution in [0.3, 0.4) is 0 Å². The molecule has 19 heavy (non-hydrogen) atoms. The minimum absolute atomic E-state index is 0.168. The van der Waals surface area contributed by atoms with Gasteiger partial charge in [-0.1, -0.05) is 19.3 Å². The quantitative estimate of drug-likeness (QED) is 0.784.